The van der Waals surface area contributed by atoms with E-state index in [2.05, 4.69) is 5.32 Å². The molecule has 74 valence electrons. The Kier molecular flexibility index (Phi) is 3.92. The first-order chi connectivity index (χ1) is 6.29. The predicted octanol–water partition coefficient (Wildman–Crippen LogP) is -0.297. The van der Waals surface area contributed by atoms with Crippen molar-refractivity contribution in [3.8, 4) is 0 Å². The Morgan fingerprint density at radius 1 is 1.77 bits per heavy atom. The summed E-state index contributed by atoms with van der Waals surface area (Å²) in [6, 6.07) is 0.00574. The minimum atomic E-state index is -0.195. The molecule has 1 aliphatic heterocycles. The average Bonchev–Trinajstić information content (AvgIpc) is 2.15. The Bertz CT molecular complexity index is 204. The Morgan fingerprint density at radius 2 is 2.54 bits per heavy atom. The van der Waals surface area contributed by atoms with Gasteiger partial charge in [0.25, 0.3) is 0 Å². The highest BCUT2D eigenvalue weighted by atomic mass is 16.3. The van der Waals surface area contributed by atoms with E-state index < -0.39 is 0 Å². The van der Waals surface area contributed by atoms with E-state index >= 15 is 0 Å². The minimum absolute atomic E-state index is 0.00574. The number of hydrogen-bond acceptors (Lipinski definition) is 3. The summed E-state index contributed by atoms with van der Waals surface area (Å²) in [5.74, 6) is -0.00657. The molecule has 0 aliphatic carbocycles. The highest BCUT2D eigenvalue weighted by Gasteiger charge is 2.22. The van der Waals surface area contributed by atoms with Gasteiger partial charge in [-0.2, -0.15) is 0 Å². The number of rotatable bonds is 4. The van der Waals surface area contributed by atoms with Crippen molar-refractivity contribution in [1.82, 2.24) is 10.2 Å². The molecule has 0 radical (unpaired) electrons. The molecule has 0 saturated carbocycles. The number of aliphatic hydroxyl groups excluding tert-OH is 1. The van der Waals surface area contributed by atoms with Gasteiger partial charge in [0.05, 0.1) is 6.04 Å². The summed E-state index contributed by atoms with van der Waals surface area (Å²) in [6.07, 6.45) is 4.22. The molecule has 0 aromatic rings. The smallest absolute Gasteiger partial charge is 0.228 e. The molecule has 0 spiro atoms. The zero-order valence-corrected chi connectivity index (χ0v) is 7.86. The van der Waals surface area contributed by atoms with Crippen molar-refractivity contribution in [3.05, 3.63) is 12.2 Å². The van der Waals surface area contributed by atoms with E-state index in [9.17, 15) is 4.79 Å². The summed E-state index contributed by atoms with van der Waals surface area (Å²) in [5, 5.41) is 12.1. The molecule has 2 N–H and O–H groups in total. The molecule has 0 fully saturated rings. The second-order valence-electron chi connectivity index (χ2n) is 3.01. The molecule has 0 aromatic heterocycles. The first-order valence-electron chi connectivity index (χ1n) is 4.57. The van der Waals surface area contributed by atoms with Crippen LogP contribution in [0.2, 0.25) is 0 Å². The number of carbonyl (C=O) groups excluding carboxylic acids is 1. The van der Waals surface area contributed by atoms with Crippen LogP contribution in [-0.2, 0) is 4.79 Å². The van der Waals surface area contributed by atoms with Crippen molar-refractivity contribution in [2.45, 2.75) is 19.4 Å². The summed E-state index contributed by atoms with van der Waals surface area (Å²) >= 11 is 0. The molecule has 1 rings (SSSR count). The van der Waals surface area contributed by atoms with E-state index in [1.54, 1.807) is 0 Å². The van der Waals surface area contributed by atoms with E-state index in [4.69, 9.17) is 5.11 Å². The monoisotopic (exact) mass is 184 g/mol. The van der Waals surface area contributed by atoms with Gasteiger partial charge in [0.15, 0.2) is 0 Å². The average molecular weight is 184 g/mol. The third kappa shape index (κ3) is 2.54. The van der Waals surface area contributed by atoms with Crippen LogP contribution in [0.3, 0.4) is 0 Å². The number of carbonyl (C=O) groups is 1. The molecule has 4 heteroatoms. The van der Waals surface area contributed by atoms with Crippen molar-refractivity contribution in [2.24, 2.45) is 0 Å². The molecule has 4 nitrogen and oxygen atoms in total. The molecule has 1 unspecified atom stereocenters. The van der Waals surface area contributed by atoms with Crippen molar-refractivity contribution in [1.29, 1.82) is 0 Å². The van der Waals surface area contributed by atoms with Gasteiger partial charge in [-0.15, -0.1) is 0 Å². The number of likely N-dealkylation sites (N-methyl/N-ethyl adjacent to an activating group) is 1. The van der Waals surface area contributed by atoms with Gasteiger partial charge in [-0.05, 0) is 6.54 Å². The highest BCUT2D eigenvalue weighted by molar-refractivity contribution is 5.79. The minimum Gasteiger partial charge on any atom is -0.376 e. The van der Waals surface area contributed by atoms with Crippen LogP contribution in [0.4, 0.5) is 0 Å². The van der Waals surface area contributed by atoms with E-state index in [0.717, 1.165) is 6.54 Å². The second-order valence-corrected chi connectivity index (χ2v) is 3.01. The lowest BCUT2D eigenvalue weighted by atomic mass is 10.1. The maximum atomic E-state index is 11.3. The Labute approximate surface area is 78.2 Å². The molecule has 0 saturated heterocycles. The molecule has 1 heterocycles. The number of hydrogen-bond donors (Lipinski definition) is 2. The SMILES string of the molecule is CCNCC1C=CCC(=O)N1CO. The van der Waals surface area contributed by atoms with E-state index in [0.29, 0.717) is 13.0 Å². The van der Waals surface area contributed by atoms with E-state index in [-0.39, 0.29) is 18.7 Å². The van der Waals surface area contributed by atoms with Gasteiger partial charge in [0, 0.05) is 13.0 Å². The van der Waals surface area contributed by atoms with Gasteiger partial charge in [0.2, 0.25) is 5.91 Å². The third-order valence-electron chi connectivity index (χ3n) is 2.13. The Balaban J connectivity index is 2.53. The molecule has 13 heavy (non-hydrogen) atoms. The summed E-state index contributed by atoms with van der Waals surface area (Å²) in [4.78, 5) is 12.8. The maximum Gasteiger partial charge on any atom is 0.228 e. The van der Waals surface area contributed by atoms with Gasteiger partial charge in [-0.25, -0.2) is 0 Å². The van der Waals surface area contributed by atoms with Crippen LogP contribution in [0.5, 0.6) is 0 Å². The molecule has 0 aromatic carbocycles. The molecule has 0 bridgehead atoms. The van der Waals surface area contributed by atoms with E-state index in [1.807, 2.05) is 19.1 Å². The van der Waals surface area contributed by atoms with Crippen LogP contribution < -0.4 is 5.32 Å². The lowest BCUT2D eigenvalue weighted by Gasteiger charge is -2.30. The fourth-order valence-electron chi connectivity index (χ4n) is 1.39. The van der Waals surface area contributed by atoms with Gasteiger partial charge in [0.1, 0.15) is 6.73 Å². The molecular formula is C9H16N2O2. The predicted molar refractivity (Wildman–Crippen MR) is 50.0 cm³/mol. The van der Waals surface area contributed by atoms with Crippen LogP contribution >= 0.6 is 0 Å². The van der Waals surface area contributed by atoms with Gasteiger partial charge in [-0.1, -0.05) is 19.1 Å². The van der Waals surface area contributed by atoms with Crippen molar-refractivity contribution >= 4 is 5.91 Å². The maximum absolute atomic E-state index is 11.3. The van der Waals surface area contributed by atoms with Crippen LogP contribution in [-0.4, -0.2) is 41.8 Å². The van der Waals surface area contributed by atoms with Crippen molar-refractivity contribution in [2.75, 3.05) is 19.8 Å². The van der Waals surface area contributed by atoms with Crippen molar-refractivity contribution in [3.63, 3.8) is 0 Å². The summed E-state index contributed by atoms with van der Waals surface area (Å²) in [5.41, 5.74) is 0. The fourth-order valence-corrected chi connectivity index (χ4v) is 1.39. The number of aliphatic hydroxyl groups is 1. The molecule has 1 atom stereocenters. The van der Waals surface area contributed by atoms with Crippen molar-refractivity contribution < 1.29 is 9.90 Å². The Hall–Kier alpha value is -0.870. The van der Waals surface area contributed by atoms with Crippen LogP contribution in [0.25, 0.3) is 0 Å². The number of amides is 1. The zero-order valence-electron chi connectivity index (χ0n) is 7.86. The first-order valence-corrected chi connectivity index (χ1v) is 4.57. The topological polar surface area (TPSA) is 52.6 Å². The first kappa shape index (κ1) is 10.2. The Morgan fingerprint density at radius 3 is 3.15 bits per heavy atom. The zero-order chi connectivity index (χ0) is 9.68. The van der Waals surface area contributed by atoms with Gasteiger partial charge < -0.3 is 15.3 Å². The molecule has 1 aliphatic rings. The third-order valence-corrected chi connectivity index (χ3v) is 2.13. The summed E-state index contributed by atoms with van der Waals surface area (Å²) in [7, 11) is 0. The number of nitrogens with zero attached hydrogens (tertiary/aromatic N) is 1. The number of nitrogens with one attached hydrogen (secondary N) is 1. The quantitative estimate of drug-likeness (QED) is 0.590. The lowest BCUT2D eigenvalue weighted by Crippen LogP contribution is -2.46. The van der Waals surface area contributed by atoms with Gasteiger partial charge in [-0.3, -0.25) is 4.79 Å². The highest BCUT2D eigenvalue weighted by Crippen LogP contribution is 2.09. The summed E-state index contributed by atoms with van der Waals surface area (Å²) < 4.78 is 0. The lowest BCUT2D eigenvalue weighted by molar-refractivity contribution is -0.136. The normalized spacial score (nSPS) is 22.5. The van der Waals surface area contributed by atoms with Crippen LogP contribution in [0.1, 0.15) is 13.3 Å². The largest absolute Gasteiger partial charge is 0.376 e. The molecular weight excluding hydrogens is 168 g/mol. The van der Waals surface area contributed by atoms with Gasteiger partial charge >= 0.3 is 0 Å². The van der Waals surface area contributed by atoms with Crippen LogP contribution in [0.15, 0.2) is 12.2 Å². The standard InChI is InChI=1S/C9H16N2O2/c1-2-10-6-8-4-3-5-9(13)11(8)7-12/h3-4,8,10,12H,2,5-7H2,1H3. The fraction of sp³-hybridized carbons (Fsp3) is 0.667. The van der Waals surface area contributed by atoms with Crippen LogP contribution in [0, 0.1) is 0 Å². The molecule has 1 amide bonds. The summed E-state index contributed by atoms with van der Waals surface area (Å²) in [6.45, 7) is 3.40. The second kappa shape index (κ2) is 4.99. The van der Waals surface area contributed by atoms with E-state index in [1.165, 1.54) is 4.90 Å².